The van der Waals surface area contributed by atoms with E-state index in [1.807, 2.05) is 0 Å². The van der Waals surface area contributed by atoms with E-state index in [1.54, 1.807) is 0 Å². The maximum absolute atomic E-state index is 13.3. The Kier molecular flexibility index (Phi) is 6.20. The Morgan fingerprint density at radius 2 is 1.84 bits per heavy atom. The van der Waals surface area contributed by atoms with Gasteiger partial charge >= 0.3 is 5.97 Å². The standard InChI is InChI=1S/C30H34N2O6/c1-17(2)22-13-19-7-10-26-29(4,11-6-12-30(26,5)24(19)15-25(22)38-18(3)33)16-31-27(34)21-9-8-20(32(36)37)14-23(21)28(31)35/h8-9,13-15,17,26H,6-7,10-12,16H2,1-5H3/t26-,29-,30+/m0/s1. The van der Waals surface area contributed by atoms with Gasteiger partial charge in [0.25, 0.3) is 17.5 Å². The summed E-state index contributed by atoms with van der Waals surface area (Å²) in [6.45, 7) is 10.3. The summed E-state index contributed by atoms with van der Waals surface area (Å²) in [6.07, 6.45) is 4.58. The molecule has 1 fully saturated rings. The van der Waals surface area contributed by atoms with Gasteiger partial charge < -0.3 is 4.74 Å². The third-order valence-electron chi connectivity index (χ3n) is 9.17. The zero-order chi connectivity index (χ0) is 27.6. The minimum Gasteiger partial charge on any atom is -0.426 e. The van der Waals surface area contributed by atoms with Crippen molar-refractivity contribution in [2.24, 2.45) is 11.3 Å². The predicted octanol–water partition coefficient (Wildman–Crippen LogP) is 5.95. The molecule has 8 heteroatoms. The second kappa shape index (κ2) is 9.03. The normalized spacial score (nSPS) is 26.2. The summed E-state index contributed by atoms with van der Waals surface area (Å²) in [5.74, 6) is -0.169. The first-order chi connectivity index (χ1) is 17.9. The van der Waals surface area contributed by atoms with Gasteiger partial charge in [-0.05, 0) is 77.2 Å². The van der Waals surface area contributed by atoms with E-state index < -0.39 is 10.8 Å². The summed E-state index contributed by atoms with van der Waals surface area (Å²) < 4.78 is 5.66. The first-order valence-electron chi connectivity index (χ1n) is 13.4. The van der Waals surface area contributed by atoms with Crippen molar-refractivity contribution in [3.63, 3.8) is 0 Å². The van der Waals surface area contributed by atoms with Crippen molar-refractivity contribution in [2.45, 2.75) is 78.1 Å². The highest BCUT2D eigenvalue weighted by molar-refractivity contribution is 6.21. The molecular weight excluding hydrogens is 484 g/mol. The first kappa shape index (κ1) is 26.1. The lowest BCUT2D eigenvalue weighted by molar-refractivity contribution is -0.384. The van der Waals surface area contributed by atoms with E-state index in [0.29, 0.717) is 5.75 Å². The summed E-state index contributed by atoms with van der Waals surface area (Å²) in [7, 11) is 0. The molecular formula is C30H34N2O6. The van der Waals surface area contributed by atoms with E-state index in [0.717, 1.165) is 37.7 Å². The molecule has 200 valence electrons. The average molecular weight is 519 g/mol. The average Bonchev–Trinajstić information content (AvgIpc) is 3.07. The molecule has 1 heterocycles. The van der Waals surface area contributed by atoms with Gasteiger partial charge in [0.15, 0.2) is 0 Å². The number of carbonyl (C=O) groups is 3. The number of hydrogen-bond donors (Lipinski definition) is 0. The molecule has 3 atom stereocenters. The number of non-ortho nitro benzene ring substituents is 1. The number of nitrogens with zero attached hydrogens (tertiary/aromatic N) is 2. The topological polar surface area (TPSA) is 107 Å². The Bertz CT molecular complexity index is 1380. The van der Waals surface area contributed by atoms with Crippen LogP contribution >= 0.6 is 0 Å². The van der Waals surface area contributed by atoms with Crippen LogP contribution in [0.15, 0.2) is 30.3 Å². The molecule has 0 spiro atoms. The molecule has 1 aliphatic heterocycles. The van der Waals surface area contributed by atoms with Gasteiger partial charge in [-0.3, -0.25) is 29.4 Å². The first-order valence-corrected chi connectivity index (χ1v) is 13.4. The van der Waals surface area contributed by atoms with E-state index in [2.05, 4.69) is 39.8 Å². The summed E-state index contributed by atoms with van der Waals surface area (Å²) in [5.41, 5.74) is 3.09. The molecule has 0 radical (unpaired) electrons. The van der Waals surface area contributed by atoms with Crippen molar-refractivity contribution >= 4 is 23.5 Å². The third-order valence-corrected chi connectivity index (χ3v) is 9.17. The lowest BCUT2D eigenvalue weighted by Crippen LogP contribution is -2.54. The van der Waals surface area contributed by atoms with Crippen molar-refractivity contribution in [1.29, 1.82) is 0 Å². The fourth-order valence-electron chi connectivity index (χ4n) is 7.43. The number of imide groups is 1. The zero-order valence-electron chi connectivity index (χ0n) is 22.6. The van der Waals surface area contributed by atoms with Gasteiger partial charge in [-0.15, -0.1) is 0 Å². The number of amides is 2. The van der Waals surface area contributed by atoms with Crippen LogP contribution in [0.3, 0.4) is 0 Å². The monoisotopic (exact) mass is 518 g/mol. The van der Waals surface area contributed by atoms with Crippen LogP contribution in [0.4, 0.5) is 5.69 Å². The SMILES string of the molecule is CC(=O)Oc1cc2c(cc1C(C)C)CC[C@H]1[C@](C)(CN3C(=O)c4ccc([N+](=O)[O-])cc4C3=O)CCC[C@]21C. The van der Waals surface area contributed by atoms with E-state index in [-0.39, 0.29) is 57.9 Å². The highest BCUT2D eigenvalue weighted by Crippen LogP contribution is 2.58. The quantitative estimate of drug-likeness (QED) is 0.159. The molecule has 0 aromatic heterocycles. The van der Waals surface area contributed by atoms with Crippen molar-refractivity contribution in [2.75, 3.05) is 6.54 Å². The van der Waals surface area contributed by atoms with Gasteiger partial charge in [-0.25, -0.2) is 0 Å². The smallest absolute Gasteiger partial charge is 0.308 e. The molecule has 0 saturated heterocycles. The summed E-state index contributed by atoms with van der Waals surface area (Å²) in [6, 6.07) is 8.13. The number of benzene rings is 2. The van der Waals surface area contributed by atoms with E-state index in [9.17, 15) is 24.5 Å². The van der Waals surface area contributed by atoms with Crippen LogP contribution in [0.2, 0.25) is 0 Å². The van der Waals surface area contributed by atoms with Crippen LogP contribution in [0.5, 0.6) is 5.75 Å². The maximum Gasteiger partial charge on any atom is 0.308 e. The Labute approximate surface area is 222 Å². The van der Waals surface area contributed by atoms with Gasteiger partial charge in [0, 0.05) is 25.6 Å². The van der Waals surface area contributed by atoms with E-state index in [4.69, 9.17) is 4.74 Å². The fraction of sp³-hybridized carbons (Fsp3) is 0.500. The number of nitro groups is 1. The molecule has 2 aliphatic carbocycles. The van der Waals surface area contributed by atoms with Crippen LogP contribution < -0.4 is 4.74 Å². The molecule has 8 nitrogen and oxygen atoms in total. The number of carbonyl (C=O) groups excluding carboxylic acids is 3. The number of aryl methyl sites for hydroxylation is 1. The number of esters is 1. The second-order valence-corrected chi connectivity index (χ2v) is 12.0. The lowest BCUT2D eigenvalue weighted by Gasteiger charge is -2.56. The molecule has 1 saturated carbocycles. The van der Waals surface area contributed by atoms with Gasteiger partial charge in [0.2, 0.25) is 0 Å². The molecule has 3 aliphatic rings. The number of hydrogen-bond acceptors (Lipinski definition) is 6. The Morgan fingerprint density at radius 1 is 1.13 bits per heavy atom. The molecule has 2 aromatic rings. The van der Waals surface area contributed by atoms with Crippen LogP contribution in [0.25, 0.3) is 0 Å². The Morgan fingerprint density at radius 3 is 2.50 bits per heavy atom. The largest absolute Gasteiger partial charge is 0.426 e. The predicted molar refractivity (Wildman–Crippen MR) is 141 cm³/mol. The molecule has 2 amide bonds. The Hall–Kier alpha value is -3.55. The van der Waals surface area contributed by atoms with Crippen molar-refractivity contribution in [3.8, 4) is 5.75 Å². The van der Waals surface area contributed by atoms with Crippen molar-refractivity contribution < 1.29 is 24.0 Å². The second-order valence-electron chi connectivity index (χ2n) is 12.0. The lowest BCUT2D eigenvalue weighted by atomic mass is 9.49. The van der Waals surface area contributed by atoms with Gasteiger partial charge in [0.1, 0.15) is 5.75 Å². The van der Waals surface area contributed by atoms with Crippen LogP contribution in [-0.2, 0) is 16.6 Å². The number of rotatable bonds is 5. The van der Waals surface area contributed by atoms with Gasteiger partial charge in [0.05, 0.1) is 16.1 Å². The van der Waals surface area contributed by atoms with E-state index >= 15 is 0 Å². The molecule has 38 heavy (non-hydrogen) atoms. The summed E-state index contributed by atoms with van der Waals surface area (Å²) >= 11 is 0. The highest BCUT2D eigenvalue weighted by Gasteiger charge is 2.54. The Balaban J connectivity index is 1.50. The van der Waals surface area contributed by atoms with Crippen LogP contribution in [0.1, 0.15) is 104 Å². The zero-order valence-corrected chi connectivity index (χ0v) is 22.6. The van der Waals surface area contributed by atoms with Crippen molar-refractivity contribution in [1.82, 2.24) is 4.90 Å². The van der Waals surface area contributed by atoms with Crippen LogP contribution in [-0.4, -0.2) is 34.2 Å². The van der Waals surface area contributed by atoms with Crippen LogP contribution in [0, 0.1) is 21.4 Å². The minimum atomic E-state index is -0.553. The van der Waals surface area contributed by atoms with Crippen molar-refractivity contribution in [3.05, 3.63) is 68.3 Å². The molecule has 0 N–H and O–H groups in total. The molecule has 0 unspecified atom stereocenters. The highest BCUT2D eigenvalue weighted by atomic mass is 16.6. The maximum atomic E-state index is 13.3. The van der Waals surface area contributed by atoms with E-state index in [1.165, 1.54) is 41.1 Å². The third kappa shape index (κ3) is 4.01. The number of nitro benzene ring substituents is 1. The number of fused-ring (bicyclic) bond motifs is 4. The minimum absolute atomic E-state index is 0.104. The molecule has 0 bridgehead atoms. The molecule has 2 aromatic carbocycles. The molecule has 5 rings (SSSR count). The number of ether oxygens (including phenoxy) is 1. The summed E-state index contributed by atoms with van der Waals surface area (Å²) in [5, 5.41) is 11.2. The summed E-state index contributed by atoms with van der Waals surface area (Å²) in [4.78, 5) is 50.5. The van der Waals surface area contributed by atoms with Gasteiger partial charge in [-0.2, -0.15) is 0 Å². The van der Waals surface area contributed by atoms with Gasteiger partial charge in [-0.1, -0.05) is 40.2 Å². The fourth-order valence-corrected chi connectivity index (χ4v) is 7.43.